The molecule has 0 saturated carbocycles. The number of carbonyl (C=O) groups excluding carboxylic acids is 7. The fraction of sp³-hybridized carbons (Fsp3) is 0.519. The van der Waals surface area contributed by atoms with Crippen LogP contribution < -0.4 is 21.7 Å². The predicted octanol–water partition coefficient (Wildman–Crippen LogP) is 2.98. The van der Waals surface area contributed by atoms with E-state index in [1.165, 1.54) is 52.2 Å². The fourth-order valence-electron chi connectivity index (χ4n) is 10.0. The number of fused-ring (bicyclic) bond motifs is 5. The number of aliphatic hydroxyl groups excluding tert-OH is 2. The third-order valence-electron chi connectivity index (χ3n) is 14.8. The van der Waals surface area contributed by atoms with Gasteiger partial charge < -0.3 is 60.4 Å². The number of ether oxygens (including phenoxy) is 3. The van der Waals surface area contributed by atoms with Crippen LogP contribution in [0.1, 0.15) is 83.7 Å². The van der Waals surface area contributed by atoms with Crippen molar-refractivity contribution in [2.75, 3.05) is 49.7 Å². The number of ketones is 1. The first-order valence-electron chi connectivity index (χ1n) is 27.9. The van der Waals surface area contributed by atoms with Crippen molar-refractivity contribution >= 4 is 119 Å². The maximum Gasteiger partial charge on any atom is 0.409 e. The zero-order valence-electron chi connectivity index (χ0n) is 47.9. The number of anilines is 3. The van der Waals surface area contributed by atoms with Crippen LogP contribution in [0.15, 0.2) is 61.7 Å². The molecule has 32 nitrogen and oxygen atoms in total. The molecule has 4 aliphatic heterocycles. The molecule has 2 unspecified atom stereocenters. The second-order valence-corrected chi connectivity index (χ2v) is 27.2. The Balaban J connectivity index is 0.711. The number of nitrogens with zero attached hydrogens (tertiary/aromatic N) is 10. The van der Waals surface area contributed by atoms with Gasteiger partial charge in [-0.25, -0.2) is 39.3 Å². The molecular weight excluding hydrogens is 1230 g/mol. The van der Waals surface area contributed by atoms with Crippen molar-refractivity contribution in [1.82, 2.24) is 54.2 Å². The number of benzene rings is 1. The van der Waals surface area contributed by atoms with E-state index in [1.807, 2.05) is 0 Å². The van der Waals surface area contributed by atoms with Crippen LogP contribution in [0.4, 0.5) is 22.1 Å². The topological polar surface area (TPSA) is 418 Å². The van der Waals surface area contributed by atoms with Gasteiger partial charge in [-0.2, -0.15) is 0 Å². The average molecular weight is 1300 g/mol. The zero-order chi connectivity index (χ0) is 63.2. The molecule has 36 heteroatoms. The van der Waals surface area contributed by atoms with E-state index in [1.54, 1.807) is 45.0 Å². The summed E-state index contributed by atoms with van der Waals surface area (Å²) in [4.78, 5) is 128. The van der Waals surface area contributed by atoms with Crippen LogP contribution in [0.3, 0.4) is 0 Å². The van der Waals surface area contributed by atoms with Crippen molar-refractivity contribution in [1.29, 1.82) is 0 Å². The number of hydrogen-bond donors (Lipinski definition) is 8. The predicted molar refractivity (Wildman–Crippen MR) is 315 cm³/mol. The second-order valence-electron chi connectivity index (χ2n) is 21.6. The first-order chi connectivity index (χ1) is 41.9. The highest BCUT2D eigenvalue weighted by Crippen LogP contribution is 2.58. The Morgan fingerprint density at radius 1 is 0.807 bits per heavy atom. The minimum absolute atomic E-state index is 0.00113. The number of aliphatic hydroxyl groups is 2. The summed E-state index contributed by atoms with van der Waals surface area (Å²) in [6.45, 7) is -4.47. The van der Waals surface area contributed by atoms with E-state index in [0.717, 1.165) is 11.2 Å². The summed E-state index contributed by atoms with van der Waals surface area (Å²) >= 11 is 9.51. The molecule has 6 amide bonds. The third kappa shape index (κ3) is 15.8. The number of hydrogen-bond acceptors (Lipinski definition) is 25. The van der Waals surface area contributed by atoms with E-state index in [4.69, 9.17) is 49.8 Å². The Kier molecular flexibility index (Phi) is 21.2. The molecule has 8 N–H and O–H groups in total. The molecule has 8 heterocycles. The van der Waals surface area contributed by atoms with Gasteiger partial charge in [0.25, 0.3) is 11.8 Å². The highest BCUT2D eigenvalue weighted by Gasteiger charge is 2.53. The molecule has 474 valence electrons. The van der Waals surface area contributed by atoms with Crippen LogP contribution in [0.25, 0.3) is 22.3 Å². The smallest absolute Gasteiger partial charge is 0.409 e. The van der Waals surface area contributed by atoms with Crippen LogP contribution in [-0.4, -0.2) is 181 Å². The SMILES string of the molecule is CC(C)[C@H](NC(=O)CCCCCN1C(=O)C=CC1=O)C(=O)C[C@@H](C)C(=O)Nc1ccc(COC(=O)N(C)CCCC(=O)Nc2ncnc3c2ncn3[C@@H]2O[C@@H]3COP(O)(=S)O[C@@H]4[C@H](O)[C@@H](COP(=O)(S)O[C@H]3[C@H]2O)O[C@H]4n2cnc3c(N)ncnc32)cc1. The Bertz CT molecular complexity index is 3540. The lowest BCUT2D eigenvalue weighted by Gasteiger charge is -2.27. The van der Waals surface area contributed by atoms with Gasteiger partial charge in [0.15, 0.2) is 46.7 Å². The number of thiol groups is 1. The maximum absolute atomic E-state index is 13.8. The summed E-state index contributed by atoms with van der Waals surface area (Å²) < 4.78 is 57.1. The number of unbranched alkanes of at least 4 members (excludes halogenated alkanes) is 2. The number of nitrogen functional groups attached to an aromatic ring is 1. The summed E-state index contributed by atoms with van der Waals surface area (Å²) in [6.07, 6.45) is -2.93. The molecule has 5 aromatic rings. The van der Waals surface area contributed by atoms with Crippen LogP contribution in [0.2, 0.25) is 0 Å². The third-order valence-corrected chi connectivity index (χ3v) is 17.9. The molecule has 0 aliphatic carbocycles. The van der Waals surface area contributed by atoms with Gasteiger partial charge in [0, 0.05) is 63.2 Å². The van der Waals surface area contributed by atoms with Crippen molar-refractivity contribution in [3.05, 3.63) is 67.3 Å². The molecule has 9 rings (SSSR count). The highest BCUT2D eigenvalue weighted by molar-refractivity contribution is 8.44. The molecule has 3 saturated heterocycles. The lowest BCUT2D eigenvalue weighted by Crippen LogP contribution is -2.45. The Morgan fingerprint density at radius 3 is 2.17 bits per heavy atom. The second kappa shape index (κ2) is 28.4. The lowest BCUT2D eigenvalue weighted by atomic mass is 9.92. The monoisotopic (exact) mass is 1300 g/mol. The van der Waals surface area contributed by atoms with E-state index in [9.17, 15) is 53.2 Å². The molecule has 1 aromatic carbocycles. The maximum atomic E-state index is 13.8. The number of imidazole rings is 2. The van der Waals surface area contributed by atoms with Crippen molar-refractivity contribution < 1.29 is 85.5 Å². The van der Waals surface area contributed by atoms with Gasteiger partial charge in [0.2, 0.25) is 17.7 Å². The minimum Gasteiger partial charge on any atom is -0.445 e. The van der Waals surface area contributed by atoms with Crippen molar-refractivity contribution in [3.8, 4) is 0 Å². The molecule has 12 atom stereocenters. The number of nitrogens with two attached hydrogens (primary N) is 1. The summed E-state index contributed by atoms with van der Waals surface area (Å²) in [5, 5.41) is 31.4. The van der Waals surface area contributed by atoms with Gasteiger partial charge in [-0.3, -0.25) is 56.4 Å². The number of amides is 6. The highest BCUT2D eigenvalue weighted by atomic mass is 32.7. The molecule has 0 radical (unpaired) electrons. The molecule has 3 fully saturated rings. The van der Waals surface area contributed by atoms with Gasteiger partial charge in [-0.05, 0) is 54.7 Å². The molecule has 4 aromatic heterocycles. The van der Waals surface area contributed by atoms with Gasteiger partial charge in [-0.15, -0.1) is 0 Å². The molecule has 88 heavy (non-hydrogen) atoms. The normalized spacial score (nSPS) is 26.3. The fourth-order valence-corrected chi connectivity index (χ4v) is 12.9. The van der Waals surface area contributed by atoms with Gasteiger partial charge in [0.1, 0.15) is 61.4 Å². The molecular formula is C52H66N14O18P2S2. The Labute approximate surface area is 512 Å². The van der Waals surface area contributed by atoms with Crippen LogP contribution in [0, 0.1) is 11.8 Å². The number of rotatable bonds is 22. The van der Waals surface area contributed by atoms with Gasteiger partial charge in [-0.1, -0.05) is 51.6 Å². The Hall–Kier alpha value is -6.78. The van der Waals surface area contributed by atoms with E-state index in [0.29, 0.717) is 30.5 Å². The van der Waals surface area contributed by atoms with Crippen molar-refractivity contribution in [2.45, 2.75) is 127 Å². The van der Waals surface area contributed by atoms with Crippen LogP contribution in [0.5, 0.6) is 0 Å². The minimum atomic E-state index is -4.44. The van der Waals surface area contributed by atoms with Gasteiger partial charge in [0.05, 0.1) is 31.9 Å². The molecule has 4 aliphatic rings. The summed E-state index contributed by atoms with van der Waals surface area (Å²) in [7, 11) is 1.51. The summed E-state index contributed by atoms with van der Waals surface area (Å²) in [5.74, 6) is -3.10. The molecule has 2 bridgehead atoms. The van der Waals surface area contributed by atoms with Gasteiger partial charge >= 0.3 is 19.6 Å². The van der Waals surface area contributed by atoms with Crippen molar-refractivity contribution in [2.24, 2.45) is 11.8 Å². The first kappa shape index (κ1) is 65.7. The summed E-state index contributed by atoms with van der Waals surface area (Å²) in [6, 6.07) is 5.77. The number of Topliss-reactive ketones (excluding diaryl/α,β-unsaturated/α-hetero) is 1. The largest absolute Gasteiger partial charge is 0.445 e. The first-order valence-corrected chi connectivity index (χ1v) is 33.2. The summed E-state index contributed by atoms with van der Waals surface area (Å²) in [5.41, 5.74) is 7.59. The number of carbonyl (C=O) groups is 7. The number of nitrogens with one attached hydrogen (secondary N) is 3. The average Bonchev–Trinajstić information content (AvgIpc) is 1.70. The van der Waals surface area contributed by atoms with E-state index >= 15 is 0 Å². The lowest BCUT2D eigenvalue weighted by molar-refractivity contribution is -0.137. The molecule has 0 spiro atoms. The standard InChI is InChI=1S/C52H66N14O18P2S2/c1-27(2)38(61-34(68)9-6-5-7-18-64-36(70)15-16-37(64)71)31(67)19-28(3)49(74)60-30-13-11-29(12-14-30)20-78-52(75)63(4)17-8-10-35(69)62-46-40-48(57-24-55-46)65(26-59-40)50-42(73)43-33(82-50)22-80-86(77,88)84-44-41(72)32(21-79-85(76,87)83-43)81-51(44)66-25-58-39-45(53)54-23-56-47(39)66/h11-16,23-28,32-33,38,41-44,50-51,72-73H,5-10,17-22H2,1-4H3,(H,60,74)(H,61,68)(H,76,87)(H,77,88)(H2,53,54,56)(H,55,57,62,69)/t28-,32-,33-,38+,41-,42-,43-,44-,50-,51-,85?,86?/m1/s1. The van der Waals surface area contributed by atoms with E-state index in [-0.39, 0.29) is 109 Å². The quantitative estimate of drug-likeness (QED) is 0.0214. The number of imide groups is 1. The number of aromatic nitrogens is 8. The van der Waals surface area contributed by atoms with Crippen molar-refractivity contribution in [3.63, 3.8) is 0 Å². The zero-order valence-corrected chi connectivity index (χ0v) is 51.4. The van der Waals surface area contributed by atoms with Crippen LogP contribution in [-0.2, 0) is 84.1 Å². The Morgan fingerprint density at radius 2 is 1.45 bits per heavy atom. The van der Waals surface area contributed by atoms with E-state index in [2.05, 4.69) is 58.1 Å². The van der Waals surface area contributed by atoms with Crippen LogP contribution >= 0.6 is 25.8 Å². The van der Waals surface area contributed by atoms with E-state index < -0.39 is 106 Å².